The van der Waals surface area contributed by atoms with Gasteiger partial charge in [0.15, 0.2) is 11.5 Å². The summed E-state index contributed by atoms with van der Waals surface area (Å²) in [5.41, 5.74) is 0.161. The van der Waals surface area contributed by atoms with Crippen LogP contribution in [0.4, 0.5) is 9.80 Å². The zero-order chi connectivity index (χ0) is 18.5. The molecule has 1 aliphatic heterocycles. The highest BCUT2D eigenvalue weighted by molar-refractivity contribution is 7.14. The van der Waals surface area contributed by atoms with Crippen LogP contribution in [-0.4, -0.2) is 37.2 Å². The molecule has 0 saturated heterocycles. The second-order valence-corrected chi connectivity index (χ2v) is 6.11. The van der Waals surface area contributed by atoms with Crippen molar-refractivity contribution in [1.29, 1.82) is 0 Å². The number of benzene rings is 1. The largest absolute Gasteiger partial charge is 0.485 e. The number of hydrogen-bond donors (Lipinski definition) is 2. The number of imide groups is 1. The van der Waals surface area contributed by atoms with E-state index in [0.29, 0.717) is 16.5 Å². The third-order valence-corrected chi connectivity index (χ3v) is 4.27. The highest BCUT2D eigenvalue weighted by Gasteiger charge is 2.28. The normalized spacial score (nSPS) is 15.0. The summed E-state index contributed by atoms with van der Waals surface area (Å²) in [7, 11) is 0. The molecule has 136 valence electrons. The van der Waals surface area contributed by atoms with Crippen molar-refractivity contribution in [1.82, 2.24) is 5.32 Å². The number of carbonyl (C=O) groups excluding carboxylic acids is 3. The summed E-state index contributed by atoms with van der Waals surface area (Å²) in [6.45, 7) is 1.83. The molecular formula is C17H16N2O6S. The van der Waals surface area contributed by atoms with E-state index in [-0.39, 0.29) is 18.8 Å². The zero-order valence-corrected chi connectivity index (χ0v) is 14.6. The quantitative estimate of drug-likeness (QED) is 0.849. The van der Waals surface area contributed by atoms with Gasteiger partial charge >= 0.3 is 6.09 Å². The number of anilines is 1. The van der Waals surface area contributed by atoms with Gasteiger partial charge < -0.3 is 19.5 Å². The molecule has 9 heteroatoms. The van der Waals surface area contributed by atoms with E-state index in [1.165, 1.54) is 6.07 Å². The van der Waals surface area contributed by atoms with Crippen molar-refractivity contribution < 1.29 is 28.6 Å². The first-order chi connectivity index (χ1) is 12.6. The summed E-state index contributed by atoms with van der Waals surface area (Å²) < 4.78 is 15.8. The highest BCUT2D eigenvalue weighted by Crippen LogP contribution is 2.31. The monoisotopic (exact) mass is 376 g/mol. The third-order valence-electron chi connectivity index (χ3n) is 3.44. The Bertz CT molecular complexity index is 834. The lowest BCUT2D eigenvalue weighted by Gasteiger charge is -2.25. The number of fused-ring (bicyclic) bond motifs is 1. The summed E-state index contributed by atoms with van der Waals surface area (Å²) in [6, 6.07) is 8.54. The highest BCUT2D eigenvalue weighted by atomic mass is 32.1. The van der Waals surface area contributed by atoms with E-state index in [9.17, 15) is 14.4 Å². The van der Waals surface area contributed by atoms with Crippen molar-refractivity contribution in [2.75, 3.05) is 18.5 Å². The molecular weight excluding hydrogens is 360 g/mol. The average Bonchev–Trinajstić information content (AvgIpc) is 3.09. The molecule has 26 heavy (non-hydrogen) atoms. The van der Waals surface area contributed by atoms with E-state index in [1.54, 1.807) is 30.5 Å². The molecule has 2 heterocycles. The lowest BCUT2D eigenvalue weighted by molar-refractivity contribution is -0.125. The second kappa shape index (κ2) is 7.87. The number of alkyl carbamates (subject to hydrolysis) is 1. The summed E-state index contributed by atoms with van der Waals surface area (Å²) in [6.07, 6.45) is -1.70. The van der Waals surface area contributed by atoms with Crippen LogP contribution in [0.15, 0.2) is 35.7 Å². The van der Waals surface area contributed by atoms with Crippen LogP contribution in [0.3, 0.4) is 0 Å². The van der Waals surface area contributed by atoms with Gasteiger partial charge in [0.1, 0.15) is 11.6 Å². The summed E-state index contributed by atoms with van der Waals surface area (Å²) in [5.74, 6) is -0.0640. The molecule has 0 spiro atoms. The van der Waals surface area contributed by atoms with Crippen LogP contribution < -0.4 is 20.1 Å². The number of carbonyl (C=O) groups is 3. The lowest BCUT2D eigenvalue weighted by atomic mass is 10.2. The summed E-state index contributed by atoms with van der Waals surface area (Å²) >= 11 is 1.15. The van der Waals surface area contributed by atoms with Gasteiger partial charge in [-0.25, -0.2) is 4.79 Å². The molecule has 0 bridgehead atoms. The Morgan fingerprint density at radius 3 is 2.77 bits per heavy atom. The van der Waals surface area contributed by atoms with Crippen molar-refractivity contribution >= 4 is 34.2 Å². The molecule has 3 amide bonds. The van der Waals surface area contributed by atoms with Crippen LogP contribution in [0.5, 0.6) is 11.5 Å². The predicted molar refractivity (Wildman–Crippen MR) is 93.8 cm³/mol. The van der Waals surface area contributed by atoms with Gasteiger partial charge in [0, 0.05) is 0 Å². The van der Waals surface area contributed by atoms with Crippen LogP contribution in [-0.2, 0) is 9.53 Å². The summed E-state index contributed by atoms with van der Waals surface area (Å²) in [4.78, 5) is 35.9. The van der Waals surface area contributed by atoms with E-state index < -0.39 is 24.0 Å². The second-order valence-electron chi connectivity index (χ2n) is 5.19. The van der Waals surface area contributed by atoms with Gasteiger partial charge in [0.2, 0.25) is 6.10 Å². The first-order valence-electron chi connectivity index (χ1n) is 7.83. The van der Waals surface area contributed by atoms with Gasteiger partial charge in [-0.1, -0.05) is 12.1 Å². The Morgan fingerprint density at radius 1 is 1.23 bits per heavy atom. The van der Waals surface area contributed by atoms with E-state index in [4.69, 9.17) is 9.47 Å². The SMILES string of the molecule is CCOC(=O)NC(=O)c1ccsc1NC(=O)[C@H]1COc2ccccc2O1. The molecule has 2 aromatic rings. The molecule has 1 aliphatic rings. The Balaban J connectivity index is 1.65. The van der Waals surface area contributed by atoms with Crippen LogP contribution in [0.25, 0.3) is 0 Å². The molecule has 3 rings (SSSR count). The number of amides is 3. The molecule has 0 saturated carbocycles. The van der Waals surface area contributed by atoms with E-state index in [1.807, 2.05) is 6.07 Å². The number of thiophene rings is 1. The number of hydrogen-bond acceptors (Lipinski definition) is 7. The molecule has 2 N–H and O–H groups in total. The maximum atomic E-state index is 12.4. The number of nitrogens with one attached hydrogen (secondary N) is 2. The molecule has 1 atom stereocenters. The minimum absolute atomic E-state index is 0.0541. The smallest absolute Gasteiger partial charge is 0.414 e. The average molecular weight is 376 g/mol. The van der Waals surface area contributed by atoms with Crippen molar-refractivity contribution in [2.24, 2.45) is 0 Å². The molecule has 1 aromatic heterocycles. The Labute approximate surface area is 153 Å². The standard InChI is InChI=1S/C17H16N2O6S/c1-2-23-17(22)19-14(20)10-7-8-26-16(10)18-15(21)13-9-24-11-5-3-4-6-12(11)25-13/h3-8,13H,2,9H2,1H3,(H,18,21)(H,19,20,22)/t13-/m1/s1. The maximum Gasteiger partial charge on any atom is 0.414 e. The molecule has 0 fully saturated rings. The van der Waals surface area contributed by atoms with Gasteiger partial charge in [-0.2, -0.15) is 0 Å². The summed E-state index contributed by atoms with van der Waals surface area (Å²) in [5, 5.41) is 6.66. The Kier molecular flexibility index (Phi) is 5.37. The minimum Gasteiger partial charge on any atom is -0.485 e. The van der Waals surface area contributed by atoms with Crippen molar-refractivity contribution in [3.63, 3.8) is 0 Å². The van der Waals surface area contributed by atoms with Gasteiger partial charge in [0.05, 0.1) is 12.2 Å². The number of ether oxygens (including phenoxy) is 3. The van der Waals surface area contributed by atoms with Gasteiger partial charge in [-0.05, 0) is 30.5 Å². The number of rotatable bonds is 4. The lowest BCUT2D eigenvalue weighted by Crippen LogP contribution is -2.40. The van der Waals surface area contributed by atoms with Crippen molar-refractivity contribution in [3.05, 3.63) is 41.3 Å². The van der Waals surface area contributed by atoms with Crippen LogP contribution >= 0.6 is 11.3 Å². The predicted octanol–water partition coefficient (Wildman–Crippen LogP) is 2.41. The topological polar surface area (TPSA) is 103 Å². The van der Waals surface area contributed by atoms with Gasteiger partial charge in [-0.3, -0.25) is 14.9 Å². The zero-order valence-electron chi connectivity index (χ0n) is 13.8. The Morgan fingerprint density at radius 2 is 2.00 bits per heavy atom. The van der Waals surface area contributed by atoms with Crippen LogP contribution in [0.2, 0.25) is 0 Å². The van der Waals surface area contributed by atoms with Crippen LogP contribution in [0.1, 0.15) is 17.3 Å². The molecule has 0 aliphatic carbocycles. The molecule has 0 unspecified atom stereocenters. The van der Waals surface area contributed by atoms with Crippen LogP contribution in [0, 0.1) is 0 Å². The minimum atomic E-state index is -0.854. The van der Waals surface area contributed by atoms with Gasteiger partial charge in [-0.15, -0.1) is 11.3 Å². The third kappa shape index (κ3) is 3.94. The molecule has 0 radical (unpaired) electrons. The first kappa shape index (κ1) is 17.7. The Hall–Kier alpha value is -3.07. The number of para-hydroxylation sites is 2. The van der Waals surface area contributed by atoms with Crippen molar-refractivity contribution in [2.45, 2.75) is 13.0 Å². The van der Waals surface area contributed by atoms with E-state index in [2.05, 4.69) is 15.4 Å². The molecule has 8 nitrogen and oxygen atoms in total. The first-order valence-corrected chi connectivity index (χ1v) is 8.71. The van der Waals surface area contributed by atoms with Crippen molar-refractivity contribution in [3.8, 4) is 11.5 Å². The fourth-order valence-corrected chi connectivity index (χ4v) is 3.04. The van der Waals surface area contributed by atoms with Gasteiger partial charge in [0.25, 0.3) is 11.8 Å². The van der Waals surface area contributed by atoms with E-state index >= 15 is 0 Å². The molecule has 1 aromatic carbocycles. The fraction of sp³-hybridized carbons (Fsp3) is 0.235. The fourth-order valence-electron chi connectivity index (χ4n) is 2.25. The maximum absolute atomic E-state index is 12.4. The van der Waals surface area contributed by atoms with E-state index in [0.717, 1.165) is 11.3 Å².